The van der Waals surface area contributed by atoms with Crippen LogP contribution in [-0.2, 0) is 4.79 Å². The van der Waals surface area contributed by atoms with Gasteiger partial charge in [0.2, 0.25) is 5.91 Å². The van der Waals surface area contributed by atoms with Crippen molar-refractivity contribution in [3.63, 3.8) is 0 Å². The Morgan fingerprint density at radius 1 is 1.19 bits per heavy atom. The summed E-state index contributed by atoms with van der Waals surface area (Å²) in [4.78, 5) is 28.9. The quantitative estimate of drug-likeness (QED) is 0.427. The lowest BCUT2D eigenvalue weighted by molar-refractivity contribution is -0.118. The molecular weight excluding hydrogens is 346 g/mol. The predicted molar refractivity (Wildman–Crippen MR) is 106 cm³/mol. The molecule has 3 aromatic rings. The molecule has 1 N–H and O–H groups in total. The molecule has 0 saturated carbocycles. The molecule has 0 fully saturated rings. The Balaban J connectivity index is 2.11. The van der Waals surface area contributed by atoms with Gasteiger partial charge in [0.15, 0.2) is 5.16 Å². The SMILES string of the molecule is CC(=O)NCCSc1nc2ccccc2c(=O)n1-c1ccc(C)cc1C. The lowest BCUT2D eigenvalue weighted by Gasteiger charge is -2.15. The van der Waals surface area contributed by atoms with Gasteiger partial charge in [0.05, 0.1) is 16.6 Å². The number of aryl methyl sites for hydroxylation is 2. The summed E-state index contributed by atoms with van der Waals surface area (Å²) < 4.78 is 1.68. The summed E-state index contributed by atoms with van der Waals surface area (Å²) in [7, 11) is 0. The van der Waals surface area contributed by atoms with Gasteiger partial charge in [0, 0.05) is 19.2 Å². The molecule has 1 aromatic heterocycles. The van der Waals surface area contributed by atoms with Crippen LogP contribution in [0.3, 0.4) is 0 Å². The Hall–Kier alpha value is -2.60. The Labute approximate surface area is 156 Å². The highest BCUT2D eigenvalue weighted by Crippen LogP contribution is 2.23. The van der Waals surface area contributed by atoms with Gasteiger partial charge < -0.3 is 5.32 Å². The standard InChI is InChI=1S/C20H21N3O2S/c1-13-8-9-18(14(2)12-13)23-19(25)16-6-4-5-7-17(16)22-20(23)26-11-10-21-15(3)24/h4-9,12H,10-11H2,1-3H3,(H,21,24). The summed E-state index contributed by atoms with van der Waals surface area (Å²) >= 11 is 1.46. The van der Waals surface area contributed by atoms with Gasteiger partial charge in [-0.25, -0.2) is 4.98 Å². The highest BCUT2D eigenvalue weighted by Gasteiger charge is 2.14. The lowest BCUT2D eigenvalue weighted by atomic mass is 10.1. The molecule has 1 heterocycles. The Morgan fingerprint density at radius 2 is 1.96 bits per heavy atom. The van der Waals surface area contributed by atoms with E-state index in [-0.39, 0.29) is 11.5 Å². The van der Waals surface area contributed by atoms with Crippen molar-refractivity contribution in [2.24, 2.45) is 0 Å². The molecule has 26 heavy (non-hydrogen) atoms. The fraction of sp³-hybridized carbons (Fsp3) is 0.250. The van der Waals surface area contributed by atoms with Gasteiger partial charge in [0.1, 0.15) is 0 Å². The first-order valence-corrected chi connectivity index (χ1v) is 9.42. The molecule has 0 radical (unpaired) electrons. The molecule has 134 valence electrons. The largest absolute Gasteiger partial charge is 0.356 e. The number of carbonyl (C=O) groups is 1. The number of benzene rings is 2. The number of hydrogen-bond acceptors (Lipinski definition) is 4. The molecule has 0 aliphatic rings. The normalized spacial score (nSPS) is 10.9. The molecule has 0 atom stereocenters. The highest BCUT2D eigenvalue weighted by atomic mass is 32.2. The molecule has 3 rings (SSSR count). The zero-order valence-electron chi connectivity index (χ0n) is 15.1. The second kappa shape index (κ2) is 7.74. The molecule has 0 aliphatic heterocycles. The van der Waals surface area contributed by atoms with Crippen LogP contribution in [0.15, 0.2) is 52.4 Å². The monoisotopic (exact) mass is 367 g/mol. The van der Waals surface area contributed by atoms with Crippen LogP contribution in [0, 0.1) is 13.8 Å². The first-order valence-electron chi connectivity index (χ1n) is 8.44. The number of amides is 1. The molecule has 1 amide bonds. The van der Waals surface area contributed by atoms with Gasteiger partial charge in [-0.1, -0.05) is 41.6 Å². The molecule has 0 bridgehead atoms. The maximum absolute atomic E-state index is 13.2. The zero-order chi connectivity index (χ0) is 18.7. The molecule has 0 aliphatic carbocycles. The van der Waals surface area contributed by atoms with E-state index in [1.165, 1.54) is 18.7 Å². The van der Waals surface area contributed by atoms with Crippen LogP contribution in [0.4, 0.5) is 0 Å². The fourth-order valence-corrected chi connectivity index (χ4v) is 3.71. The molecular formula is C20H21N3O2S. The van der Waals surface area contributed by atoms with Gasteiger partial charge in [-0.2, -0.15) is 0 Å². The number of nitrogens with one attached hydrogen (secondary N) is 1. The minimum Gasteiger partial charge on any atom is -0.356 e. The van der Waals surface area contributed by atoms with E-state index in [0.717, 1.165) is 16.8 Å². The van der Waals surface area contributed by atoms with Gasteiger partial charge in [-0.3, -0.25) is 14.2 Å². The summed E-state index contributed by atoms with van der Waals surface area (Å²) in [5, 5.41) is 4.00. The third-order valence-corrected chi connectivity index (χ3v) is 4.99. The highest BCUT2D eigenvalue weighted by molar-refractivity contribution is 7.99. The summed E-state index contributed by atoms with van der Waals surface area (Å²) in [5.74, 6) is 0.568. The summed E-state index contributed by atoms with van der Waals surface area (Å²) in [6.07, 6.45) is 0. The van der Waals surface area contributed by atoms with Crippen LogP contribution >= 0.6 is 11.8 Å². The van der Waals surface area contributed by atoms with Crippen molar-refractivity contribution in [2.75, 3.05) is 12.3 Å². The number of aromatic nitrogens is 2. The average Bonchev–Trinajstić information content (AvgIpc) is 2.60. The van der Waals surface area contributed by atoms with E-state index in [1.54, 1.807) is 10.6 Å². The minimum absolute atomic E-state index is 0.0659. The Bertz CT molecular complexity index is 1030. The number of fused-ring (bicyclic) bond motifs is 1. The third kappa shape index (κ3) is 3.80. The molecule has 6 heteroatoms. The van der Waals surface area contributed by atoms with Gasteiger partial charge in [-0.15, -0.1) is 0 Å². The predicted octanol–water partition coefficient (Wildman–Crippen LogP) is 3.23. The Kier molecular flexibility index (Phi) is 5.42. The molecule has 0 spiro atoms. The first-order chi connectivity index (χ1) is 12.5. The van der Waals surface area contributed by atoms with Gasteiger partial charge >= 0.3 is 0 Å². The summed E-state index contributed by atoms with van der Waals surface area (Å²) in [6.45, 7) is 6.04. The van der Waals surface area contributed by atoms with Crippen molar-refractivity contribution < 1.29 is 4.79 Å². The summed E-state index contributed by atoms with van der Waals surface area (Å²) in [5.41, 5.74) is 3.60. The van der Waals surface area contributed by atoms with Crippen LogP contribution in [0.1, 0.15) is 18.1 Å². The van der Waals surface area contributed by atoms with Crippen LogP contribution in [-0.4, -0.2) is 27.8 Å². The van der Waals surface area contributed by atoms with Gasteiger partial charge in [-0.05, 0) is 37.6 Å². The van der Waals surface area contributed by atoms with Crippen molar-refractivity contribution >= 4 is 28.6 Å². The Morgan fingerprint density at radius 3 is 2.69 bits per heavy atom. The number of para-hydroxylation sites is 1. The number of hydrogen-bond donors (Lipinski definition) is 1. The van der Waals surface area contributed by atoms with E-state index in [2.05, 4.69) is 11.4 Å². The van der Waals surface area contributed by atoms with E-state index in [4.69, 9.17) is 4.98 Å². The van der Waals surface area contributed by atoms with Crippen LogP contribution in [0.25, 0.3) is 16.6 Å². The van der Waals surface area contributed by atoms with Crippen molar-refractivity contribution in [2.45, 2.75) is 25.9 Å². The van der Waals surface area contributed by atoms with E-state index in [9.17, 15) is 9.59 Å². The van der Waals surface area contributed by atoms with Crippen molar-refractivity contribution in [3.8, 4) is 5.69 Å². The molecule has 2 aromatic carbocycles. The number of thioether (sulfide) groups is 1. The second-order valence-corrected chi connectivity index (χ2v) is 7.24. The first kappa shape index (κ1) is 18.2. The number of rotatable bonds is 5. The third-order valence-electron chi connectivity index (χ3n) is 4.05. The average molecular weight is 367 g/mol. The van der Waals surface area contributed by atoms with E-state index in [1.807, 2.05) is 44.2 Å². The lowest BCUT2D eigenvalue weighted by Crippen LogP contribution is -2.25. The maximum Gasteiger partial charge on any atom is 0.266 e. The van der Waals surface area contributed by atoms with E-state index >= 15 is 0 Å². The number of carbonyl (C=O) groups excluding carboxylic acids is 1. The smallest absolute Gasteiger partial charge is 0.266 e. The van der Waals surface area contributed by atoms with Crippen molar-refractivity contribution in [1.82, 2.24) is 14.9 Å². The molecule has 5 nitrogen and oxygen atoms in total. The minimum atomic E-state index is -0.0791. The van der Waals surface area contributed by atoms with E-state index in [0.29, 0.717) is 28.4 Å². The van der Waals surface area contributed by atoms with Crippen LogP contribution in [0.5, 0.6) is 0 Å². The topological polar surface area (TPSA) is 64.0 Å². The molecule has 0 saturated heterocycles. The van der Waals surface area contributed by atoms with Gasteiger partial charge in [0.25, 0.3) is 5.56 Å². The fourth-order valence-electron chi connectivity index (χ4n) is 2.85. The van der Waals surface area contributed by atoms with Crippen molar-refractivity contribution in [3.05, 3.63) is 63.9 Å². The van der Waals surface area contributed by atoms with Crippen LogP contribution < -0.4 is 10.9 Å². The van der Waals surface area contributed by atoms with Crippen molar-refractivity contribution in [1.29, 1.82) is 0 Å². The molecule has 0 unspecified atom stereocenters. The van der Waals surface area contributed by atoms with E-state index < -0.39 is 0 Å². The zero-order valence-corrected chi connectivity index (χ0v) is 15.9. The second-order valence-electron chi connectivity index (χ2n) is 6.17. The maximum atomic E-state index is 13.2. The number of nitrogens with zero attached hydrogens (tertiary/aromatic N) is 2. The van der Waals surface area contributed by atoms with Crippen LogP contribution in [0.2, 0.25) is 0 Å². The summed E-state index contributed by atoms with van der Waals surface area (Å²) in [6, 6.07) is 13.4.